The fourth-order valence-electron chi connectivity index (χ4n) is 1.72. The fraction of sp³-hybridized carbons (Fsp3) is 0.250. The number of carbonyl (C=O) groups is 1. The first kappa shape index (κ1) is 13.4. The monoisotopic (exact) mass is 280 g/mol. The van der Waals surface area contributed by atoms with Crippen LogP contribution in [-0.2, 0) is 0 Å². The molecule has 0 aliphatic carbocycles. The second-order valence-electron chi connectivity index (χ2n) is 4.44. The van der Waals surface area contributed by atoms with E-state index in [1.807, 2.05) is 13.8 Å². The molecule has 1 aromatic carbocycles. The summed E-state index contributed by atoms with van der Waals surface area (Å²) in [4.78, 5) is 11.3. The standard InChI is InChI=1S/C12H13ClN4O2/c1-5(2)6-3-7(11(18)8(13)4-6)9-10(12(14)19)16-17-15-9/h3-5,18H,1-2H3,(H2,14,19)(H,15,16,17). The van der Waals surface area contributed by atoms with E-state index in [0.29, 0.717) is 5.56 Å². The molecule has 2 aromatic rings. The van der Waals surface area contributed by atoms with Crippen LogP contribution in [0.25, 0.3) is 11.3 Å². The van der Waals surface area contributed by atoms with Gasteiger partial charge in [-0.1, -0.05) is 25.4 Å². The molecule has 1 heterocycles. The number of aromatic amines is 1. The number of hydrogen-bond acceptors (Lipinski definition) is 4. The third-order valence-corrected chi connectivity index (χ3v) is 3.08. The Balaban J connectivity index is 2.67. The van der Waals surface area contributed by atoms with Crippen LogP contribution in [0.3, 0.4) is 0 Å². The number of halogens is 1. The molecule has 0 atom stereocenters. The lowest BCUT2D eigenvalue weighted by atomic mass is 9.98. The van der Waals surface area contributed by atoms with Gasteiger partial charge in [0.2, 0.25) is 0 Å². The van der Waals surface area contributed by atoms with Crippen LogP contribution in [-0.4, -0.2) is 26.4 Å². The molecule has 0 bridgehead atoms. The van der Waals surface area contributed by atoms with E-state index in [9.17, 15) is 9.90 Å². The first-order valence-corrected chi connectivity index (χ1v) is 6.03. The molecular formula is C12H13ClN4O2. The lowest BCUT2D eigenvalue weighted by Crippen LogP contribution is -2.12. The summed E-state index contributed by atoms with van der Waals surface area (Å²) in [5.41, 5.74) is 6.61. The van der Waals surface area contributed by atoms with Crippen molar-refractivity contribution >= 4 is 17.5 Å². The summed E-state index contributed by atoms with van der Waals surface area (Å²) in [6, 6.07) is 3.39. The second-order valence-corrected chi connectivity index (χ2v) is 4.85. The molecule has 100 valence electrons. The van der Waals surface area contributed by atoms with Gasteiger partial charge in [0.05, 0.1) is 5.02 Å². The van der Waals surface area contributed by atoms with E-state index in [2.05, 4.69) is 15.4 Å². The van der Waals surface area contributed by atoms with E-state index in [1.54, 1.807) is 12.1 Å². The van der Waals surface area contributed by atoms with Gasteiger partial charge in [-0.2, -0.15) is 15.4 Å². The van der Waals surface area contributed by atoms with Gasteiger partial charge in [-0.25, -0.2) is 0 Å². The maximum Gasteiger partial charge on any atom is 0.271 e. The summed E-state index contributed by atoms with van der Waals surface area (Å²) in [6.07, 6.45) is 0. The SMILES string of the molecule is CC(C)c1cc(Cl)c(O)c(-c2n[nH]nc2C(N)=O)c1. The Hall–Kier alpha value is -2.08. The van der Waals surface area contributed by atoms with Crippen molar-refractivity contribution in [3.8, 4) is 17.0 Å². The lowest BCUT2D eigenvalue weighted by molar-refractivity contribution is 0.0996. The smallest absolute Gasteiger partial charge is 0.271 e. The summed E-state index contributed by atoms with van der Waals surface area (Å²) in [5, 5.41) is 20.1. The number of rotatable bonds is 3. The van der Waals surface area contributed by atoms with Crippen LogP contribution in [0.2, 0.25) is 5.02 Å². The van der Waals surface area contributed by atoms with Gasteiger partial charge in [0.1, 0.15) is 11.4 Å². The van der Waals surface area contributed by atoms with Crippen LogP contribution in [0.15, 0.2) is 12.1 Å². The number of nitrogens with one attached hydrogen (secondary N) is 1. The molecule has 2 rings (SSSR count). The molecule has 1 aromatic heterocycles. The Morgan fingerprint density at radius 2 is 2.11 bits per heavy atom. The first-order valence-electron chi connectivity index (χ1n) is 5.65. The number of aromatic nitrogens is 3. The van der Waals surface area contributed by atoms with E-state index >= 15 is 0 Å². The van der Waals surface area contributed by atoms with E-state index in [0.717, 1.165) is 5.56 Å². The van der Waals surface area contributed by atoms with Crippen LogP contribution in [0, 0.1) is 0 Å². The Morgan fingerprint density at radius 1 is 1.42 bits per heavy atom. The third kappa shape index (κ3) is 2.39. The Kier molecular flexibility index (Phi) is 3.44. The largest absolute Gasteiger partial charge is 0.506 e. The number of nitrogens with zero attached hydrogens (tertiary/aromatic N) is 2. The Labute approximate surface area is 114 Å². The number of benzene rings is 1. The number of nitrogens with two attached hydrogens (primary N) is 1. The molecule has 6 nitrogen and oxygen atoms in total. The molecule has 7 heteroatoms. The van der Waals surface area contributed by atoms with Crippen LogP contribution < -0.4 is 5.73 Å². The average molecular weight is 281 g/mol. The number of primary amides is 1. The van der Waals surface area contributed by atoms with E-state index in [4.69, 9.17) is 17.3 Å². The van der Waals surface area contributed by atoms with Crippen LogP contribution in [0.4, 0.5) is 0 Å². The minimum atomic E-state index is -0.728. The molecule has 1 amide bonds. The summed E-state index contributed by atoms with van der Waals surface area (Å²) < 4.78 is 0. The predicted octanol–water partition coefficient (Wildman–Crippen LogP) is 2.05. The van der Waals surface area contributed by atoms with Gasteiger partial charge >= 0.3 is 0 Å². The van der Waals surface area contributed by atoms with Crippen molar-refractivity contribution in [2.45, 2.75) is 19.8 Å². The highest BCUT2D eigenvalue weighted by Crippen LogP contribution is 2.38. The molecule has 0 aliphatic heterocycles. The van der Waals surface area contributed by atoms with Crippen molar-refractivity contribution in [2.24, 2.45) is 5.73 Å². The minimum Gasteiger partial charge on any atom is -0.506 e. The van der Waals surface area contributed by atoms with Crippen molar-refractivity contribution in [3.63, 3.8) is 0 Å². The summed E-state index contributed by atoms with van der Waals surface area (Å²) in [5.74, 6) is -0.669. The molecule has 0 fully saturated rings. The molecule has 0 saturated heterocycles. The number of phenols is 1. The van der Waals surface area contributed by atoms with Crippen LogP contribution >= 0.6 is 11.6 Å². The molecule has 4 N–H and O–H groups in total. The van der Waals surface area contributed by atoms with Crippen molar-refractivity contribution in [2.75, 3.05) is 0 Å². The van der Waals surface area contributed by atoms with Gasteiger partial charge in [-0.15, -0.1) is 0 Å². The molecular weight excluding hydrogens is 268 g/mol. The molecule has 0 spiro atoms. The number of H-pyrrole nitrogens is 1. The summed E-state index contributed by atoms with van der Waals surface area (Å²) in [7, 11) is 0. The Bertz CT molecular complexity index is 637. The number of phenolic OH excluding ortho intramolecular Hbond substituents is 1. The fourth-order valence-corrected chi connectivity index (χ4v) is 1.95. The van der Waals surface area contributed by atoms with Crippen molar-refractivity contribution < 1.29 is 9.90 Å². The Morgan fingerprint density at radius 3 is 2.68 bits per heavy atom. The lowest BCUT2D eigenvalue weighted by Gasteiger charge is -2.11. The first-order chi connectivity index (χ1) is 8.91. The molecule has 0 aliphatic rings. The highest BCUT2D eigenvalue weighted by molar-refractivity contribution is 6.32. The average Bonchev–Trinajstić information content (AvgIpc) is 2.81. The summed E-state index contributed by atoms with van der Waals surface area (Å²) in [6.45, 7) is 3.98. The minimum absolute atomic E-state index is 0.0349. The van der Waals surface area contributed by atoms with Gasteiger partial charge in [-0.05, 0) is 23.6 Å². The normalized spacial score (nSPS) is 10.9. The molecule has 0 unspecified atom stereocenters. The van der Waals surface area contributed by atoms with Crippen molar-refractivity contribution in [1.29, 1.82) is 0 Å². The maximum atomic E-state index is 11.3. The topological polar surface area (TPSA) is 105 Å². The second kappa shape index (κ2) is 4.89. The van der Waals surface area contributed by atoms with Gasteiger partial charge in [0, 0.05) is 5.56 Å². The highest BCUT2D eigenvalue weighted by Gasteiger charge is 2.20. The van der Waals surface area contributed by atoms with Gasteiger partial charge < -0.3 is 10.8 Å². The predicted molar refractivity (Wildman–Crippen MR) is 71.1 cm³/mol. The van der Waals surface area contributed by atoms with Crippen LogP contribution in [0.5, 0.6) is 5.75 Å². The number of aromatic hydroxyl groups is 1. The van der Waals surface area contributed by atoms with Crippen molar-refractivity contribution in [3.05, 3.63) is 28.4 Å². The van der Waals surface area contributed by atoms with E-state index in [-0.39, 0.29) is 28.1 Å². The zero-order chi connectivity index (χ0) is 14.2. The number of carbonyl (C=O) groups excluding carboxylic acids is 1. The highest BCUT2D eigenvalue weighted by atomic mass is 35.5. The van der Waals surface area contributed by atoms with Gasteiger partial charge in [0.25, 0.3) is 5.91 Å². The van der Waals surface area contributed by atoms with E-state index in [1.165, 1.54) is 0 Å². The van der Waals surface area contributed by atoms with E-state index < -0.39 is 5.91 Å². The van der Waals surface area contributed by atoms with Crippen molar-refractivity contribution in [1.82, 2.24) is 15.4 Å². The quantitative estimate of drug-likeness (QED) is 0.800. The number of hydrogen-bond donors (Lipinski definition) is 3. The van der Waals surface area contributed by atoms with Gasteiger partial charge in [0.15, 0.2) is 5.69 Å². The van der Waals surface area contributed by atoms with Crippen LogP contribution in [0.1, 0.15) is 35.8 Å². The zero-order valence-electron chi connectivity index (χ0n) is 10.4. The summed E-state index contributed by atoms with van der Waals surface area (Å²) >= 11 is 5.99. The molecule has 0 radical (unpaired) electrons. The maximum absolute atomic E-state index is 11.3. The molecule has 0 saturated carbocycles. The molecule has 19 heavy (non-hydrogen) atoms. The zero-order valence-corrected chi connectivity index (χ0v) is 11.2. The number of amides is 1. The van der Waals surface area contributed by atoms with Gasteiger partial charge in [-0.3, -0.25) is 4.79 Å². The third-order valence-electron chi connectivity index (χ3n) is 2.79.